The molecule has 0 bridgehead atoms. The number of Topliss-reactive ketones (excluding diaryl/α,β-unsaturated/α-hetero) is 1. The minimum Gasteiger partial charge on any atom is -0.295 e. The van der Waals surface area contributed by atoms with Crippen molar-refractivity contribution in [3.8, 4) is 0 Å². The average molecular weight is 303 g/mol. The Balaban J connectivity index is 2.67. The Bertz CT molecular complexity index is 477. The molecule has 1 aromatic heterocycles. The minimum absolute atomic E-state index is 0.0879. The molecule has 0 aliphatic carbocycles. The summed E-state index contributed by atoms with van der Waals surface area (Å²) in [5.41, 5.74) is 1.65. The van der Waals surface area contributed by atoms with Crippen LogP contribution in [0.25, 0.3) is 10.2 Å². The van der Waals surface area contributed by atoms with Crippen LogP contribution in [0.3, 0.4) is 0 Å². The second-order valence-corrected chi connectivity index (χ2v) is 5.49. The summed E-state index contributed by atoms with van der Waals surface area (Å²) < 4.78 is 2.14. The van der Waals surface area contributed by atoms with Crippen LogP contribution < -0.4 is 0 Å². The summed E-state index contributed by atoms with van der Waals surface area (Å²) in [5, 5.41) is 0. The number of hydrogen-bond donors (Lipinski definition) is 0. The molecule has 0 radical (unpaired) electrons. The summed E-state index contributed by atoms with van der Waals surface area (Å²) in [6.07, 6.45) is 0. The van der Waals surface area contributed by atoms with Crippen molar-refractivity contribution >= 4 is 49.9 Å². The fourth-order valence-corrected chi connectivity index (χ4v) is 2.76. The summed E-state index contributed by atoms with van der Waals surface area (Å²) >= 11 is 3.82. The van der Waals surface area contributed by atoms with Gasteiger partial charge in [0.05, 0.1) is 10.2 Å². The molecule has 0 aliphatic rings. The number of hydrogen-bond acceptors (Lipinski definition) is 3. The lowest BCUT2D eigenvalue weighted by Gasteiger charge is -1.93. The van der Waals surface area contributed by atoms with E-state index in [4.69, 9.17) is 0 Å². The summed E-state index contributed by atoms with van der Waals surface area (Å²) in [7, 11) is 0. The number of fused-ring (bicyclic) bond motifs is 1. The Kier molecular flexibility index (Phi) is 2.33. The molecule has 0 fully saturated rings. The number of thiazole rings is 1. The molecule has 2 aromatic rings. The van der Waals surface area contributed by atoms with Crippen LogP contribution in [0.5, 0.6) is 0 Å². The van der Waals surface area contributed by atoms with Gasteiger partial charge < -0.3 is 0 Å². The molecule has 0 saturated carbocycles. The highest BCUT2D eigenvalue weighted by molar-refractivity contribution is 14.1. The van der Waals surface area contributed by atoms with E-state index in [0.29, 0.717) is 0 Å². The SMILES string of the molecule is CC(=O)c1ccc2sc(I)nc2c1. The van der Waals surface area contributed by atoms with Gasteiger partial charge >= 0.3 is 0 Å². The predicted octanol–water partition coefficient (Wildman–Crippen LogP) is 3.10. The maximum atomic E-state index is 11.1. The van der Waals surface area contributed by atoms with Crippen molar-refractivity contribution in [1.82, 2.24) is 4.98 Å². The van der Waals surface area contributed by atoms with Gasteiger partial charge in [-0.3, -0.25) is 4.79 Å². The van der Waals surface area contributed by atoms with Gasteiger partial charge in [-0.15, -0.1) is 11.3 Å². The molecule has 0 unspecified atom stereocenters. The molecular formula is C9H6INOS. The maximum absolute atomic E-state index is 11.1. The van der Waals surface area contributed by atoms with Gasteiger partial charge in [-0.25, -0.2) is 4.98 Å². The molecule has 2 rings (SSSR count). The van der Waals surface area contributed by atoms with E-state index in [9.17, 15) is 4.79 Å². The van der Waals surface area contributed by atoms with Gasteiger partial charge in [-0.2, -0.15) is 0 Å². The van der Waals surface area contributed by atoms with Crippen LogP contribution in [-0.4, -0.2) is 10.8 Å². The lowest BCUT2D eigenvalue weighted by atomic mass is 10.1. The summed E-state index contributed by atoms with van der Waals surface area (Å²) in [4.78, 5) is 15.4. The zero-order chi connectivity index (χ0) is 9.42. The molecule has 0 N–H and O–H groups in total. The highest BCUT2D eigenvalue weighted by atomic mass is 127. The van der Waals surface area contributed by atoms with Crippen LogP contribution >= 0.6 is 33.9 Å². The van der Waals surface area contributed by atoms with Gasteiger partial charge in [0.25, 0.3) is 0 Å². The number of rotatable bonds is 1. The van der Waals surface area contributed by atoms with Gasteiger partial charge in [0.2, 0.25) is 0 Å². The zero-order valence-corrected chi connectivity index (χ0v) is 9.85. The van der Waals surface area contributed by atoms with Gasteiger partial charge in [-0.05, 0) is 47.7 Å². The number of benzene rings is 1. The van der Waals surface area contributed by atoms with Crippen LogP contribution in [0.2, 0.25) is 0 Å². The van der Waals surface area contributed by atoms with Crippen LogP contribution in [0.1, 0.15) is 17.3 Å². The van der Waals surface area contributed by atoms with E-state index in [2.05, 4.69) is 27.6 Å². The molecule has 0 spiro atoms. The van der Waals surface area contributed by atoms with Crippen molar-refractivity contribution in [3.05, 3.63) is 26.8 Å². The first-order valence-corrected chi connectivity index (χ1v) is 5.63. The monoisotopic (exact) mass is 303 g/mol. The standard InChI is InChI=1S/C9H6INOS/c1-5(12)6-2-3-8-7(4-6)11-9(10)13-8/h2-4H,1H3. The zero-order valence-electron chi connectivity index (χ0n) is 6.87. The molecular weight excluding hydrogens is 297 g/mol. The molecule has 0 aliphatic heterocycles. The molecule has 1 heterocycles. The lowest BCUT2D eigenvalue weighted by Crippen LogP contribution is -1.90. The fourth-order valence-electron chi connectivity index (χ4n) is 1.12. The van der Waals surface area contributed by atoms with Crippen LogP contribution in [0.4, 0.5) is 0 Å². The van der Waals surface area contributed by atoms with Gasteiger partial charge in [-0.1, -0.05) is 0 Å². The van der Waals surface area contributed by atoms with Gasteiger partial charge in [0.15, 0.2) is 8.80 Å². The molecule has 0 atom stereocenters. The third kappa shape index (κ3) is 1.73. The first-order valence-electron chi connectivity index (χ1n) is 3.74. The van der Waals surface area contributed by atoms with Crippen LogP contribution in [0, 0.1) is 3.01 Å². The van der Waals surface area contributed by atoms with Crippen molar-refractivity contribution in [2.45, 2.75) is 6.92 Å². The summed E-state index contributed by atoms with van der Waals surface area (Å²) in [6, 6.07) is 5.64. The van der Waals surface area contributed by atoms with Gasteiger partial charge in [0, 0.05) is 5.56 Å². The highest BCUT2D eigenvalue weighted by Gasteiger charge is 2.04. The molecule has 13 heavy (non-hydrogen) atoms. The summed E-state index contributed by atoms with van der Waals surface area (Å²) in [5.74, 6) is 0.0879. The van der Waals surface area contributed by atoms with E-state index in [0.717, 1.165) is 18.8 Å². The smallest absolute Gasteiger partial charge is 0.159 e. The van der Waals surface area contributed by atoms with E-state index < -0.39 is 0 Å². The first kappa shape index (κ1) is 9.08. The Hall–Kier alpha value is -0.490. The molecule has 66 valence electrons. The molecule has 0 amide bonds. The number of aromatic nitrogens is 1. The Labute approximate surface area is 93.1 Å². The quantitative estimate of drug-likeness (QED) is 0.598. The fraction of sp³-hybridized carbons (Fsp3) is 0.111. The second-order valence-electron chi connectivity index (χ2n) is 2.71. The van der Waals surface area contributed by atoms with Crippen LogP contribution in [-0.2, 0) is 0 Å². The number of carbonyl (C=O) groups excluding carboxylic acids is 1. The van der Waals surface area contributed by atoms with E-state index in [1.165, 1.54) is 0 Å². The Morgan fingerprint density at radius 1 is 1.54 bits per heavy atom. The second kappa shape index (κ2) is 3.34. The molecule has 4 heteroatoms. The first-order chi connectivity index (χ1) is 6.16. The van der Waals surface area contributed by atoms with Crippen molar-refractivity contribution in [3.63, 3.8) is 0 Å². The van der Waals surface area contributed by atoms with Crippen molar-refractivity contribution in [2.24, 2.45) is 0 Å². The van der Waals surface area contributed by atoms with Crippen LogP contribution in [0.15, 0.2) is 18.2 Å². The maximum Gasteiger partial charge on any atom is 0.159 e. The highest BCUT2D eigenvalue weighted by Crippen LogP contribution is 2.24. The number of nitrogens with zero attached hydrogens (tertiary/aromatic N) is 1. The van der Waals surface area contributed by atoms with Gasteiger partial charge in [0.1, 0.15) is 0 Å². The Morgan fingerprint density at radius 2 is 2.31 bits per heavy atom. The van der Waals surface area contributed by atoms with E-state index in [-0.39, 0.29) is 5.78 Å². The summed E-state index contributed by atoms with van der Waals surface area (Å²) in [6.45, 7) is 1.57. The van der Waals surface area contributed by atoms with E-state index in [1.54, 1.807) is 18.3 Å². The minimum atomic E-state index is 0.0879. The third-order valence-electron chi connectivity index (χ3n) is 1.77. The van der Waals surface area contributed by atoms with Crippen molar-refractivity contribution in [2.75, 3.05) is 0 Å². The normalized spacial score (nSPS) is 10.6. The Morgan fingerprint density at radius 3 is 3.00 bits per heavy atom. The average Bonchev–Trinajstić information content (AvgIpc) is 2.42. The molecule has 2 nitrogen and oxygen atoms in total. The number of carbonyl (C=O) groups is 1. The number of halogens is 1. The van der Waals surface area contributed by atoms with Crippen molar-refractivity contribution < 1.29 is 4.79 Å². The number of ketones is 1. The third-order valence-corrected chi connectivity index (χ3v) is 3.49. The lowest BCUT2D eigenvalue weighted by molar-refractivity contribution is 0.101. The van der Waals surface area contributed by atoms with Crippen molar-refractivity contribution in [1.29, 1.82) is 0 Å². The predicted molar refractivity (Wildman–Crippen MR) is 62.3 cm³/mol. The largest absolute Gasteiger partial charge is 0.295 e. The topological polar surface area (TPSA) is 30.0 Å². The van der Waals surface area contributed by atoms with E-state index >= 15 is 0 Å². The molecule has 0 saturated heterocycles. The van der Waals surface area contributed by atoms with E-state index in [1.807, 2.05) is 18.2 Å². The molecule has 1 aromatic carbocycles.